The van der Waals surface area contributed by atoms with Gasteiger partial charge in [-0.15, -0.1) is 0 Å². The molecule has 4 heteroatoms. The van der Waals surface area contributed by atoms with E-state index in [0.29, 0.717) is 11.3 Å². The standard InChI is InChI=1S/C21H27FN2O/c1-16-4-6-19(7-5-16)25-20-13-17(12-18(14-20)21(2,3)22)15-24-10-8-23-9-11-24/h4-7,12-14,23H,8-11,15H2,1-3H3. The number of nitrogens with zero attached hydrogens (tertiary/aromatic N) is 1. The minimum atomic E-state index is -1.40. The van der Waals surface area contributed by atoms with Crippen molar-refractivity contribution >= 4 is 0 Å². The molecule has 1 aliphatic rings. The number of alkyl halides is 1. The summed E-state index contributed by atoms with van der Waals surface area (Å²) in [6, 6.07) is 13.7. The summed E-state index contributed by atoms with van der Waals surface area (Å²) in [7, 11) is 0. The van der Waals surface area contributed by atoms with Crippen molar-refractivity contribution in [2.45, 2.75) is 33.0 Å². The fourth-order valence-electron chi connectivity index (χ4n) is 3.02. The summed E-state index contributed by atoms with van der Waals surface area (Å²) in [5, 5.41) is 3.36. The van der Waals surface area contributed by atoms with E-state index in [1.165, 1.54) is 5.56 Å². The van der Waals surface area contributed by atoms with Gasteiger partial charge in [0.15, 0.2) is 0 Å². The maximum atomic E-state index is 14.6. The Labute approximate surface area is 149 Å². The van der Waals surface area contributed by atoms with Gasteiger partial charge in [0.05, 0.1) is 0 Å². The van der Waals surface area contributed by atoms with E-state index < -0.39 is 5.67 Å². The van der Waals surface area contributed by atoms with Gasteiger partial charge in [0.25, 0.3) is 0 Å². The van der Waals surface area contributed by atoms with Crippen molar-refractivity contribution in [3.63, 3.8) is 0 Å². The van der Waals surface area contributed by atoms with Crippen LogP contribution < -0.4 is 10.1 Å². The number of hydrogen-bond acceptors (Lipinski definition) is 3. The van der Waals surface area contributed by atoms with Crippen LogP contribution in [-0.4, -0.2) is 31.1 Å². The lowest BCUT2D eigenvalue weighted by Crippen LogP contribution is -2.42. The molecule has 1 heterocycles. The molecule has 0 aliphatic carbocycles. The molecule has 3 nitrogen and oxygen atoms in total. The zero-order valence-electron chi connectivity index (χ0n) is 15.3. The average Bonchev–Trinajstić information content (AvgIpc) is 2.57. The van der Waals surface area contributed by atoms with E-state index in [1.807, 2.05) is 43.3 Å². The summed E-state index contributed by atoms with van der Waals surface area (Å²) in [5.74, 6) is 1.46. The number of nitrogens with one attached hydrogen (secondary N) is 1. The Bertz CT molecular complexity index is 701. The highest BCUT2D eigenvalue weighted by Gasteiger charge is 2.21. The first-order valence-electron chi connectivity index (χ1n) is 8.91. The molecule has 0 bridgehead atoms. The van der Waals surface area contributed by atoms with Crippen molar-refractivity contribution < 1.29 is 9.13 Å². The van der Waals surface area contributed by atoms with Gasteiger partial charge in [0.2, 0.25) is 0 Å². The van der Waals surface area contributed by atoms with Gasteiger partial charge >= 0.3 is 0 Å². The minimum absolute atomic E-state index is 0.655. The van der Waals surface area contributed by atoms with Crippen LogP contribution in [0.1, 0.15) is 30.5 Å². The van der Waals surface area contributed by atoms with Crippen molar-refractivity contribution in [2.75, 3.05) is 26.2 Å². The third kappa shape index (κ3) is 5.03. The van der Waals surface area contributed by atoms with E-state index in [4.69, 9.17) is 4.74 Å². The Morgan fingerprint density at radius 3 is 2.36 bits per heavy atom. The summed E-state index contributed by atoms with van der Waals surface area (Å²) >= 11 is 0. The lowest BCUT2D eigenvalue weighted by atomic mass is 9.97. The van der Waals surface area contributed by atoms with Gasteiger partial charge in [0, 0.05) is 32.7 Å². The molecule has 25 heavy (non-hydrogen) atoms. The first-order valence-corrected chi connectivity index (χ1v) is 8.91. The molecule has 0 aromatic heterocycles. The van der Waals surface area contributed by atoms with Crippen molar-refractivity contribution in [3.8, 4) is 11.5 Å². The summed E-state index contributed by atoms with van der Waals surface area (Å²) in [4.78, 5) is 2.39. The van der Waals surface area contributed by atoms with Crippen LogP contribution in [0.5, 0.6) is 11.5 Å². The summed E-state index contributed by atoms with van der Waals surface area (Å²) in [5.41, 5.74) is 1.53. The second kappa shape index (κ2) is 7.54. The smallest absolute Gasteiger partial charge is 0.130 e. The van der Waals surface area contributed by atoms with Crippen LogP contribution in [-0.2, 0) is 12.2 Å². The molecule has 0 unspecified atom stereocenters. The highest BCUT2D eigenvalue weighted by Crippen LogP contribution is 2.32. The van der Waals surface area contributed by atoms with Gasteiger partial charge < -0.3 is 10.1 Å². The van der Waals surface area contributed by atoms with Crippen molar-refractivity contribution in [1.82, 2.24) is 10.2 Å². The SMILES string of the molecule is Cc1ccc(Oc2cc(CN3CCNCC3)cc(C(C)(C)F)c2)cc1. The normalized spacial score (nSPS) is 16.0. The van der Waals surface area contributed by atoms with Gasteiger partial charge in [-0.1, -0.05) is 23.8 Å². The fourth-order valence-corrected chi connectivity index (χ4v) is 3.02. The van der Waals surface area contributed by atoms with Crippen LogP contribution in [0, 0.1) is 6.92 Å². The van der Waals surface area contributed by atoms with E-state index in [0.717, 1.165) is 44.0 Å². The Morgan fingerprint density at radius 1 is 1.04 bits per heavy atom. The monoisotopic (exact) mass is 342 g/mol. The molecule has 1 aliphatic heterocycles. The van der Waals surface area contributed by atoms with Crippen LogP contribution in [0.25, 0.3) is 0 Å². The lowest BCUT2D eigenvalue weighted by molar-refractivity contribution is 0.218. The molecule has 1 N–H and O–H groups in total. The largest absolute Gasteiger partial charge is 0.457 e. The molecule has 1 saturated heterocycles. The third-order valence-corrected chi connectivity index (χ3v) is 4.53. The molecule has 0 spiro atoms. The molecule has 134 valence electrons. The van der Waals surface area contributed by atoms with Gasteiger partial charge in [-0.3, -0.25) is 4.90 Å². The summed E-state index contributed by atoms with van der Waals surface area (Å²) < 4.78 is 20.6. The Kier molecular flexibility index (Phi) is 5.40. The zero-order chi connectivity index (χ0) is 17.9. The Hall–Kier alpha value is -1.91. The van der Waals surface area contributed by atoms with Gasteiger partial charge in [-0.05, 0) is 56.2 Å². The van der Waals surface area contributed by atoms with Crippen LogP contribution in [0.15, 0.2) is 42.5 Å². The summed E-state index contributed by atoms with van der Waals surface area (Å²) in [6.07, 6.45) is 0. The molecular formula is C21H27FN2O. The molecule has 3 rings (SSSR count). The van der Waals surface area contributed by atoms with Gasteiger partial charge in [-0.25, -0.2) is 4.39 Å². The number of piperazine rings is 1. The zero-order valence-corrected chi connectivity index (χ0v) is 15.3. The van der Waals surface area contributed by atoms with Crippen molar-refractivity contribution in [3.05, 3.63) is 59.2 Å². The molecular weight excluding hydrogens is 315 g/mol. The van der Waals surface area contributed by atoms with E-state index in [9.17, 15) is 4.39 Å². The molecule has 2 aromatic carbocycles. The predicted molar refractivity (Wildman–Crippen MR) is 100.0 cm³/mol. The van der Waals surface area contributed by atoms with Gasteiger partial charge in [0.1, 0.15) is 17.2 Å². The maximum Gasteiger partial charge on any atom is 0.130 e. The number of hydrogen-bond donors (Lipinski definition) is 1. The first-order chi connectivity index (χ1) is 11.9. The van der Waals surface area contributed by atoms with Gasteiger partial charge in [-0.2, -0.15) is 0 Å². The van der Waals surface area contributed by atoms with E-state index in [-0.39, 0.29) is 0 Å². The molecule has 0 saturated carbocycles. The lowest BCUT2D eigenvalue weighted by Gasteiger charge is -2.28. The Balaban J connectivity index is 1.85. The number of ether oxygens (including phenoxy) is 1. The number of aryl methyl sites for hydroxylation is 1. The molecule has 2 aromatic rings. The second-order valence-electron chi connectivity index (χ2n) is 7.28. The van der Waals surface area contributed by atoms with Crippen LogP contribution >= 0.6 is 0 Å². The third-order valence-electron chi connectivity index (χ3n) is 4.53. The number of benzene rings is 2. The molecule has 0 amide bonds. The first kappa shape index (κ1) is 17.9. The topological polar surface area (TPSA) is 24.5 Å². The molecule has 1 fully saturated rings. The number of rotatable bonds is 5. The Morgan fingerprint density at radius 2 is 1.72 bits per heavy atom. The van der Waals surface area contributed by atoms with E-state index in [2.05, 4.69) is 10.2 Å². The number of halogens is 1. The average molecular weight is 342 g/mol. The quantitative estimate of drug-likeness (QED) is 0.872. The maximum absolute atomic E-state index is 14.6. The van der Waals surface area contributed by atoms with Crippen LogP contribution in [0.2, 0.25) is 0 Å². The predicted octanol–water partition coefficient (Wildman–Crippen LogP) is 4.40. The van der Waals surface area contributed by atoms with E-state index in [1.54, 1.807) is 19.9 Å². The highest BCUT2D eigenvalue weighted by molar-refractivity contribution is 5.40. The van der Waals surface area contributed by atoms with Crippen LogP contribution in [0.4, 0.5) is 4.39 Å². The van der Waals surface area contributed by atoms with Crippen molar-refractivity contribution in [1.29, 1.82) is 0 Å². The van der Waals surface area contributed by atoms with Crippen molar-refractivity contribution in [2.24, 2.45) is 0 Å². The summed E-state index contributed by atoms with van der Waals surface area (Å²) in [6.45, 7) is 10.1. The minimum Gasteiger partial charge on any atom is -0.457 e. The fraction of sp³-hybridized carbons (Fsp3) is 0.429. The molecule has 0 radical (unpaired) electrons. The second-order valence-corrected chi connectivity index (χ2v) is 7.28. The molecule has 0 atom stereocenters. The highest BCUT2D eigenvalue weighted by atomic mass is 19.1. The van der Waals surface area contributed by atoms with E-state index >= 15 is 0 Å². The van der Waals surface area contributed by atoms with Crippen LogP contribution in [0.3, 0.4) is 0 Å².